The van der Waals surface area contributed by atoms with Gasteiger partial charge >= 0.3 is 0 Å². The van der Waals surface area contributed by atoms with Crippen molar-refractivity contribution in [1.82, 2.24) is 0 Å². The largest absolute Gasteiger partial charge is 0.495 e. The SMILES string of the molecule is CCc1ccc(OC)c2c1CCCN2C(C)=O. The van der Waals surface area contributed by atoms with E-state index in [1.807, 2.05) is 11.0 Å². The van der Waals surface area contributed by atoms with Gasteiger partial charge in [-0.2, -0.15) is 0 Å². The molecule has 1 heterocycles. The van der Waals surface area contributed by atoms with Gasteiger partial charge in [0.25, 0.3) is 0 Å². The van der Waals surface area contributed by atoms with Gasteiger partial charge in [-0.05, 0) is 36.5 Å². The molecule has 3 nitrogen and oxygen atoms in total. The van der Waals surface area contributed by atoms with Crippen LogP contribution in [0.1, 0.15) is 31.4 Å². The quantitative estimate of drug-likeness (QED) is 0.785. The Kier molecular flexibility index (Phi) is 3.36. The first kappa shape index (κ1) is 12.0. The standard InChI is InChI=1S/C14H19NO2/c1-4-11-7-8-13(17-3)14-12(11)6-5-9-15(14)10(2)16/h7-8H,4-6,9H2,1-3H3. The lowest BCUT2D eigenvalue weighted by Crippen LogP contribution is -2.34. The molecule has 0 saturated carbocycles. The zero-order valence-corrected chi connectivity index (χ0v) is 10.7. The molecular formula is C14H19NO2. The molecule has 1 aliphatic rings. The molecule has 0 aliphatic carbocycles. The number of carbonyl (C=O) groups excluding carboxylic acids is 1. The summed E-state index contributed by atoms with van der Waals surface area (Å²) < 4.78 is 5.40. The van der Waals surface area contributed by atoms with Crippen LogP contribution >= 0.6 is 0 Å². The van der Waals surface area contributed by atoms with Gasteiger partial charge in [-0.1, -0.05) is 13.0 Å². The van der Waals surface area contributed by atoms with Gasteiger partial charge in [0.1, 0.15) is 5.75 Å². The Morgan fingerprint density at radius 2 is 2.24 bits per heavy atom. The Hall–Kier alpha value is -1.51. The number of hydrogen-bond acceptors (Lipinski definition) is 2. The van der Waals surface area contributed by atoms with Gasteiger partial charge in [0.05, 0.1) is 12.8 Å². The smallest absolute Gasteiger partial charge is 0.223 e. The maximum atomic E-state index is 11.7. The third-order valence-electron chi connectivity index (χ3n) is 3.40. The average Bonchev–Trinajstić information content (AvgIpc) is 2.36. The number of fused-ring (bicyclic) bond motifs is 1. The van der Waals surface area contributed by atoms with E-state index in [1.165, 1.54) is 11.1 Å². The molecule has 0 aromatic heterocycles. The Balaban J connectivity index is 2.60. The van der Waals surface area contributed by atoms with Crippen LogP contribution in [0.2, 0.25) is 0 Å². The number of anilines is 1. The average molecular weight is 233 g/mol. The van der Waals surface area contributed by atoms with E-state index >= 15 is 0 Å². The lowest BCUT2D eigenvalue weighted by molar-refractivity contribution is -0.116. The minimum atomic E-state index is 0.0949. The number of hydrogen-bond donors (Lipinski definition) is 0. The molecule has 3 heteroatoms. The molecule has 1 amide bonds. The fraction of sp³-hybridized carbons (Fsp3) is 0.500. The molecule has 0 saturated heterocycles. The fourth-order valence-corrected chi connectivity index (χ4v) is 2.57. The van der Waals surface area contributed by atoms with Crippen LogP contribution in [-0.4, -0.2) is 19.6 Å². The highest BCUT2D eigenvalue weighted by molar-refractivity contribution is 5.95. The molecule has 2 rings (SSSR count). The van der Waals surface area contributed by atoms with E-state index in [2.05, 4.69) is 13.0 Å². The number of carbonyl (C=O) groups is 1. The van der Waals surface area contributed by atoms with Gasteiger partial charge in [-0.3, -0.25) is 4.79 Å². The molecule has 0 unspecified atom stereocenters. The van der Waals surface area contributed by atoms with Gasteiger partial charge in [0, 0.05) is 13.5 Å². The number of methoxy groups -OCH3 is 1. The lowest BCUT2D eigenvalue weighted by Gasteiger charge is -2.31. The predicted octanol–water partition coefficient (Wildman–Crippen LogP) is 2.56. The molecule has 17 heavy (non-hydrogen) atoms. The third kappa shape index (κ3) is 2.02. The number of aryl methyl sites for hydroxylation is 1. The van der Waals surface area contributed by atoms with Gasteiger partial charge in [-0.15, -0.1) is 0 Å². The monoisotopic (exact) mass is 233 g/mol. The summed E-state index contributed by atoms with van der Waals surface area (Å²) in [6, 6.07) is 4.08. The zero-order valence-electron chi connectivity index (χ0n) is 10.7. The zero-order chi connectivity index (χ0) is 12.4. The van der Waals surface area contributed by atoms with E-state index in [0.29, 0.717) is 0 Å². The second-order valence-electron chi connectivity index (χ2n) is 4.38. The molecule has 1 aromatic rings. The second-order valence-corrected chi connectivity index (χ2v) is 4.38. The molecule has 0 bridgehead atoms. The molecule has 0 N–H and O–H groups in total. The van der Waals surface area contributed by atoms with E-state index in [-0.39, 0.29) is 5.91 Å². The first-order valence-electron chi connectivity index (χ1n) is 6.15. The van der Waals surface area contributed by atoms with Crippen LogP contribution < -0.4 is 9.64 Å². The maximum Gasteiger partial charge on any atom is 0.223 e. The maximum absolute atomic E-state index is 11.7. The van der Waals surface area contributed by atoms with Crippen molar-refractivity contribution in [1.29, 1.82) is 0 Å². The summed E-state index contributed by atoms with van der Waals surface area (Å²) in [5, 5.41) is 0. The van der Waals surface area contributed by atoms with E-state index < -0.39 is 0 Å². The summed E-state index contributed by atoms with van der Waals surface area (Å²) in [7, 11) is 1.66. The third-order valence-corrected chi connectivity index (χ3v) is 3.40. The summed E-state index contributed by atoms with van der Waals surface area (Å²) in [5.41, 5.74) is 3.60. The van der Waals surface area contributed by atoms with Gasteiger partial charge in [0.2, 0.25) is 5.91 Å². The summed E-state index contributed by atoms with van der Waals surface area (Å²) in [5.74, 6) is 0.907. The van der Waals surface area contributed by atoms with Gasteiger partial charge in [-0.25, -0.2) is 0 Å². The summed E-state index contributed by atoms with van der Waals surface area (Å²) in [6.45, 7) is 4.56. The lowest BCUT2D eigenvalue weighted by atomic mass is 9.94. The van der Waals surface area contributed by atoms with Crippen molar-refractivity contribution in [2.45, 2.75) is 33.1 Å². The Labute approximate surface area is 102 Å². The first-order valence-corrected chi connectivity index (χ1v) is 6.15. The molecule has 1 aromatic carbocycles. The van der Waals surface area contributed by atoms with E-state index in [9.17, 15) is 4.79 Å². The number of rotatable bonds is 2. The molecule has 0 fully saturated rings. The van der Waals surface area contributed by atoms with Crippen LogP contribution in [0.4, 0.5) is 5.69 Å². The molecule has 0 atom stereocenters. The van der Waals surface area contributed by atoms with E-state index in [0.717, 1.165) is 37.2 Å². The first-order chi connectivity index (χ1) is 8.19. The minimum Gasteiger partial charge on any atom is -0.495 e. The Morgan fingerprint density at radius 3 is 2.82 bits per heavy atom. The number of ether oxygens (including phenoxy) is 1. The van der Waals surface area contributed by atoms with Crippen LogP contribution in [-0.2, 0) is 17.6 Å². The van der Waals surface area contributed by atoms with E-state index in [1.54, 1.807) is 14.0 Å². The molecular weight excluding hydrogens is 214 g/mol. The van der Waals surface area contributed by atoms with Crippen LogP contribution in [0.15, 0.2) is 12.1 Å². The summed E-state index contributed by atoms with van der Waals surface area (Å²) >= 11 is 0. The van der Waals surface area contributed by atoms with Crippen molar-refractivity contribution in [3.05, 3.63) is 23.3 Å². The van der Waals surface area contributed by atoms with Crippen molar-refractivity contribution in [2.24, 2.45) is 0 Å². The Morgan fingerprint density at radius 1 is 1.47 bits per heavy atom. The Bertz CT molecular complexity index is 440. The number of nitrogens with zero attached hydrogens (tertiary/aromatic N) is 1. The van der Waals surface area contributed by atoms with Crippen molar-refractivity contribution in [3.8, 4) is 5.75 Å². The molecule has 92 valence electrons. The predicted molar refractivity (Wildman–Crippen MR) is 68.7 cm³/mol. The van der Waals surface area contributed by atoms with Crippen LogP contribution in [0, 0.1) is 0 Å². The second kappa shape index (κ2) is 4.78. The van der Waals surface area contributed by atoms with Gasteiger partial charge in [0.15, 0.2) is 0 Å². The van der Waals surface area contributed by atoms with Crippen LogP contribution in [0.25, 0.3) is 0 Å². The minimum absolute atomic E-state index is 0.0949. The van der Waals surface area contributed by atoms with Gasteiger partial charge < -0.3 is 9.64 Å². The van der Waals surface area contributed by atoms with E-state index in [4.69, 9.17) is 4.74 Å². The highest BCUT2D eigenvalue weighted by Crippen LogP contribution is 2.38. The topological polar surface area (TPSA) is 29.5 Å². The molecule has 0 radical (unpaired) electrons. The fourth-order valence-electron chi connectivity index (χ4n) is 2.57. The summed E-state index contributed by atoms with van der Waals surface area (Å²) in [4.78, 5) is 13.5. The summed E-state index contributed by atoms with van der Waals surface area (Å²) in [6.07, 6.45) is 3.07. The molecule has 0 spiro atoms. The van der Waals surface area contributed by atoms with Crippen molar-refractivity contribution in [2.75, 3.05) is 18.6 Å². The van der Waals surface area contributed by atoms with Crippen molar-refractivity contribution < 1.29 is 9.53 Å². The highest BCUT2D eigenvalue weighted by Gasteiger charge is 2.25. The van der Waals surface area contributed by atoms with Crippen molar-refractivity contribution in [3.63, 3.8) is 0 Å². The highest BCUT2D eigenvalue weighted by atomic mass is 16.5. The molecule has 1 aliphatic heterocycles. The normalized spacial score (nSPS) is 14.4. The van der Waals surface area contributed by atoms with Crippen LogP contribution in [0.5, 0.6) is 5.75 Å². The van der Waals surface area contributed by atoms with Crippen LogP contribution in [0.3, 0.4) is 0 Å². The number of benzene rings is 1. The van der Waals surface area contributed by atoms with Crippen molar-refractivity contribution >= 4 is 11.6 Å². The number of amides is 1.